The monoisotopic (exact) mass is 888 g/mol. The standard InChI is InChI=1S/C19H15ClN4OS.C14H11BrClN3OS.C5H6BNO2/c20-18-6-5-15(26-18)4-3-14-9-17(24-23-14)16-8-13(11-22-19(16)25)12-2-1-7-21-10-12;15-8-5-11(14(20)17-7-8)12-6-9(18-19-12)1-2-10-3-4-13(16)21-10;8-6(9)5-2-1-3-7-4-5/h1-2,5-11H,3-4H2,(H,22,25)(H,23,24);3-7H,1-2H2,(H,17,20)(H,18,19);1-4,8-9H. The molecule has 0 aliphatic heterocycles. The predicted molar refractivity (Wildman–Crippen MR) is 228 cm³/mol. The van der Waals surface area contributed by atoms with E-state index in [0.29, 0.717) is 28.0 Å². The highest BCUT2D eigenvalue weighted by atomic mass is 79.9. The van der Waals surface area contributed by atoms with E-state index in [2.05, 4.69) is 56.3 Å². The maximum Gasteiger partial charge on any atom is 0.490 e. The summed E-state index contributed by atoms with van der Waals surface area (Å²) in [6, 6.07) is 22.4. The van der Waals surface area contributed by atoms with Crippen molar-refractivity contribution in [1.82, 2.24) is 40.3 Å². The van der Waals surface area contributed by atoms with Gasteiger partial charge in [0.15, 0.2) is 0 Å². The lowest BCUT2D eigenvalue weighted by molar-refractivity contribution is 0.425. The molecule has 12 nitrogen and oxygen atoms in total. The van der Waals surface area contributed by atoms with Gasteiger partial charge in [0.05, 0.1) is 31.2 Å². The summed E-state index contributed by atoms with van der Waals surface area (Å²) in [4.78, 5) is 39.8. The molecule has 0 radical (unpaired) electrons. The van der Waals surface area contributed by atoms with Crippen LogP contribution in [0.2, 0.25) is 8.67 Å². The summed E-state index contributed by atoms with van der Waals surface area (Å²) in [6.45, 7) is 0. The molecule has 0 aromatic carbocycles. The van der Waals surface area contributed by atoms with Crippen LogP contribution in [0.25, 0.3) is 33.6 Å². The molecule has 0 aliphatic rings. The van der Waals surface area contributed by atoms with Crippen molar-refractivity contribution in [3.05, 3.63) is 165 Å². The zero-order chi connectivity index (χ0) is 39.4. The molecular weight excluding hydrogens is 858 g/mol. The smallest absolute Gasteiger partial charge is 0.423 e. The molecule has 56 heavy (non-hydrogen) atoms. The highest BCUT2D eigenvalue weighted by Gasteiger charge is 2.12. The summed E-state index contributed by atoms with van der Waals surface area (Å²) in [5, 5.41) is 31.6. The molecule has 0 bridgehead atoms. The summed E-state index contributed by atoms with van der Waals surface area (Å²) >= 11 is 18.4. The number of hydrogen-bond acceptors (Lipinski definition) is 10. The van der Waals surface area contributed by atoms with E-state index < -0.39 is 7.12 Å². The van der Waals surface area contributed by atoms with Crippen LogP contribution in [0.4, 0.5) is 0 Å². The van der Waals surface area contributed by atoms with Crippen molar-refractivity contribution in [2.75, 3.05) is 0 Å². The minimum Gasteiger partial charge on any atom is -0.423 e. The minimum atomic E-state index is -1.40. The summed E-state index contributed by atoms with van der Waals surface area (Å²) in [7, 11) is -1.40. The third-order valence-corrected chi connectivity index (χ3v) is 11.1. The number of aromatic amines is 4. The Bertz CT molecular complexity index is 2590. The van der Waals surface area contributed by atoms with E-state index in [-0.39, 0.29) is 11.1 Å². The van der Waals surface area contributed by atoms with Gasteiger partial charge in [-0.3, -0.25) is 29.8 Å². The average molecular weight is 890 g/mol. The highest BCUT2D eigenvalue weighted by molar-refractivity contribution is 9.10. The van der Waals surface area contributed by atoms with Crippen molar-refractivity contribution in [2.24, 2.45) is 0 Å². The highest BCUT2D eigenvalue weighted by Crippen LogP contribution is 2.25. The first-order chi connectivity index (χ1) is 27.1. The van der Waals surface area contributed by atoms with Crippen LogP contribution in [0.15, 0.2) is 124 Å². The second-order valence-corrected chi connectivity index (χ2v) is 16.6. The number of aryl methyl sites for hydroxylation is 4. The van der Waals surface area contributed by atoms with Crippen molar-refractivity contribution < 1.29 is 10.0 Å². The Morgan fingerprint density at radius 2 is 1.21 bits per heavy atom. The second-order valence-electron chi connectivity index (χ2n) is 12.1. The van der Waals surface area contributed by atoms with Crippen LogP contribution < -0.4 is 16.6 Å². The Balaban J connectivity index is 0.000000158. The number of pyridine rings is 4. The number of thiophene rings is 2. The van der Waals surface area contributed by atoms with Crippen molar-refractivity contribution in [1.29, 1.82) is 0 Å². The van der Waals surface area contributed by atoms with Gasteiger partial charge in [-0.15, -0.1) is 22.7 Å². The third kappa shape index (κ3) is 11.6. The summed E-state index contributed by atoms with van der Waals surface area (Å²) in [5.74, 6) is 0. The van der Waals surface area contributed by atoms with Crippen LogP contribution in [0, 0.1) is 0 Å². The first kappa shape index (κ1) is 40.7. The van der Waals surface area contributed by atoms with Gasteiger partial charge in [-0.25, -0.2) is 0 Å². The Morgan fingerprint density at radius 3 is 1.70 bits per heavy atom. The lowest BCUT2D eigenvalue weighted by atomic mass is 9.82. The fourth-order valence-corrected chi connectivity index (χ4v) is 7.81. The topological polar surface area (TPSA) is 189 Å². The predicted octanol–water partition coefficient (Wildman–Crippen LogP) is 7.12. The van der Waals surface area contributed by atoms with Gasteiger partial charge in [0.2, 0.25) is 0 Å². The van der Waals surface area contributed by atoms with Crippen LogP contribution >= 0.6 is 61.8 Å². The number of halogens is 3. The molecule has 8 aromatic heterocycles. The normalized spacial score (nSPS) is 10.7. The molecular formula is C38H32BBrCl2N8O4S2. The Morgan fingerprint density at radius 1 is 0.661 bits per heavy atom. The summed E-state index contributed by atoms with van der Waals surface area (Å²) in [6.07, 6.45) is 13.2. The van der Waals surface area contributed by atoms with Crippen LogP contribution in [-0.4, -0.2) is 57.5 Å². The van der Waals surface area contributed by atoms with Gasteiger partial charge in [0.25, 0.3) is 11.1 Å². The van der Waals surface area contributed by atoms with Gasteiger partial charge < -0.3 is 20.0 Å². The van der Waals surface area contributed by atoms with E-state index in [1.54, 1.807) is 71.9 Å². The molecule has 0 spiro atoms. The van der Waals surface area contributed by atoms with Gasteiger partial charge in [-0.05, 0) is 102 Å². The molecule has 284 valence electrons. The molecule has 0 saturated heterocycles. The van der Waals surface area contributed by atoms with Crippen molar-refractivity contribution in [2.45, 2.75) is 25.7 Å². The molecule has 0 amide bonds. The molecule has 0 aliphatic carbocycles. The number of hydrogen-bond donors (Lipinski definition) is 6. The van der Waals surface area contributed by atoms with Crippen molar-refractivity contribution >= 4 is 74.4 Å². The van der Waals surface area contributed by atoms with E-state index in [9.17, 15) is 9.59 Å². The summed E-state index contributed by atoms with van der Waals surface area (Å²) < 4.78 is 2.41. The van der Waals surface area contributed by atoms with E-state index in [4.69, 9.17) is 33.2 Å². The van der Waals surface area contributed by atoms with E-state index in [0.717, 1.165) is 61.3 Å². The van der Waals surface area contributed by atoms with Gasteiger partial charge in [-0.1, -0.05) is 35.3 Å². The minimum absolute atomic E-state index is 0.152. The molecule has 8 rings (SSSR count). The van der Waals surface area contributed by atoms with Gasteiger partial charge in [0.1, 0.15) is 0 Å². The van der Waals surface area contributed by atoms with Crippen molar-refractivity contribution in [3.8, 4) is 33.6 Å². The SMILES string of the molecule is O=c1[nH]cc(-c2cccnc2)cc1-c1cc(CCc2ccc(Cl)s2)[nH]n1.O=c1[nH]cc(Br)cc1-c1cc(CCc2ccc(Cl)s2)[nH]n1.OB(O)c1cccnc1. The summed E-state index contributed by atoms with van der Waals surface area (Å²) in [5.41, 5.74) is 6.27. The Labute approximate surface area is 347 Å². The molecule has 8 heterocycles. The fourth-order valence-electron chi connectivity index (χ4n) is 5.29. The molecule has 6 N–H and O–H groups in total. The Kier molecular flexibility index (Phi) is 14.4. The zero-order valence-electron chi connectivity index (χ0n) is 29.2. The van der Waals surface area contributed by atoms with Gasteiger partial charge in [-0.2, -0.15) is 10.2 Å². The number of H-pyrrole nitrogens is 4. The van der Waals surface area contributed by atoms with E-state index in [1.165, 1.54) is 16.0 Å². The molecule has 0 atom stereocenters. The van der Waals surface area contributed by atoms with Crippen molar-refractivity contribution in [3.63, 3.8) is 0 Å². The molecule has 0 fully saturated rings. The number of nitrogens with one attached hydrogen (secondary N) is 4. The van der Waals surface area contributed by atoms with Crippen LogP contribution in [0.5, 0.6) is 0 Å². The first-order valence-electron chi connectivity index (χ1n) is 17.0. The molecule has 0 saturated carbocycles. The lowest BCUT2D eigenvalue weighted by Gasteiger charge is -2.02. The maximum absolute atomic E-state index is 12.3. The van der Waals surface area contributed by atoms with Gasteiger partial charge in [0, 0.05) is 79.4 Å². The second kappa shape index (κ2) is 19.8. The van der Waals surface area contributed by atoms with Crippen LogP contribution in [0.1, 0.15) is 21.1 Å². The molecule has 0 unspecified atom stereocenters. The number of rotatable bonds is 10. The molecule has 18 heteroatoms. The first-order valence-corrected chi connectivity index (χ1v) is 20.1. The maximum atomic E-state index is 12.3. The van der Waals surface area contributed by atoms with Crippen LogP contribution in [0.3, 0.4) is 0 Å². The quantitative estimate of drug-likeness (QED) is 0.0784. The van der Waals surface area contributed by atoms with Gasteiger partial charge >= 0.3 is 7.12 Å². The fraction of sp³-hybridized carbons (Fsp3) is 0.105. The van der Waals surface area contributed by atoms with E-state index in [1.807, 2.05) is 54.6 Å². The largest absolute Gasteiger partial charge is 0.490 e. The number of nitrogens with zero attached hydrogens (tertiary/aromatic N) is 4. The average Bonchev–Trinajstić information content (AvgIpc) is 4.05. The Hall–Kier alpha value is -4.94. The molecule has 8 aromatic rings. The van der Waals surface area contributed by atoms with Crippen LogP contribution in [-0.2, 0) is 25.7 Å². The van der Waals surface area contributed by atoms with E-state index >= 15 is 0 Å². The zero-order valence-corrected chi connectivity index (χ0v) is 34.0. The third-order valence-electron chi connectivity index (χ3n) is 8.10. The lowest BCUT2D eigenvalue weighted by Crippen LogP contribution is -2.29. The number of aromatic nitrogens is 8.